The van der Waals surface area contributed by atoms with E-state index >= 15 is 0 Å². The number of aliphatic carboxylic acids is 1. The maximum Gasteiger partial charge on any atom is 0.416 e. The predicted octanol–water partition coefficient (Wildman–Crippen LogP) is 2.59. The van der Waals surface area contributed by atoms with E-state index in [1.54, 1.807) is 0 Å². The molecule has 0 atom stereocenters. The third-order valence-electron chi connectivity index (χ3n) is 2.19. The SMILES string of the molecule is Cc1ccc(NC(=O)/C=C\C(=O)O)cc1C(F)(F)F. The van der Waals surface area contributed by atoms with Crippen LogP contribution in [0.1, 0.15) is 11.1 Å². The molecule has 0 radical (unpaired) electrons. The third-order valence-corrected chi connectivity index (χ3v) is 2.19. The minimum atomic E-state index is -4.51. The zero-order valence-electron chi connectivity index (χ0n) is 9.78. The van der Waals surface area contributed by atoms with Gasteiger partial charge in [0.1, 0.15) is 0 Å². The van der Waals surface area contributed by atoms with Gasteiger partial charge in [0.25, 0.3) is 0 Å². The Labute approximate surface area is 106 Å². The Morgan fingerprint density at radius 1 is 1.26 bits per heavy atom. The summed E-state index contributed by atoms with van der Waals surface area (Å²) < 4.78 is 37.8. The zero-order valence-corrected chi connectivity index (χ0v) is 9.78. The molecule has 1 aromatic carbocycles. The van der Waals surface area contributed by atoms with E-state index in [0.29, 0.717) is 6.08 Å². The number of anilines is 1. The molecule has 0 aromatic heterocycles. The van der Waals surface area contributed by atoms with E-state index in [2.05, 4.69) is 5.32 Å². The number of nitrogens with one attached hydrogen (secondary N) is 1. The summed E-state index contributed by atoms with van der Waals surface area (Å²) in [6, 6.07) is 3.32. The average Bonchev–Trinajstić information content (AvgIpc) is 2.27. The number of aryl methyl sites for hydroxylation is 1. The van der Waals surface area contributed by atoms with E-state index in [0.717, 1.165) is 12.1 Å². The molecule has 102 valence electrons. The number of carbonyl (C=O) groups excluding carboxylic acids is 1. The Hall–Kier alpha value is -2.31. The van der Waals surface area contributed by atoms with Gasteiger partial charge in [-0.15, -0.1) is 0 Å². The molecule has 1 amide bonds. The third kappa shape index (κ3) is 4.46. The molecule has 0 aliphatic rings. The summed E-state index contributed by atoms with van der Waals surface area (Å²) in [6.45, 7) is 1.30. The van der Waals surface area contributed by atoms with Crippen LogP contribution in [0.2, 0.25) is 0 Å². The first kappa shape index (κ1) is 14.7. The number of rotatable bonds is 3. The van der Waals surface area contributed by atoms with Gasteiger partial charge in [0.05, 0.1) is 5.56 Å². The number of alkyl halides is 3. The molecular formula is C12H10F3NO3. The maximum absolute atomic E-state index is 12.6. The van der Waals surface area contributed by atoms with Crippen LogP contribution in [0.25, 0.3) is 0 Å². The molecule has 0 unspecified atom stereocenters. The minimum absolute atomic E-state index is 0.0339. The average molecular weight is 273 g/mol. The monoisotopic (exact) mass is 273 g/mol. The molecule has 0 bridgehead atoms. The van der Waals surface area contributed by atoms with Gasteiger partial charge in [-0.1, -0.05) is 6.07 Å². The van der Waals surface area contributed by atoms with E-state index in [-0.39, 0.29) is 11.3 Å². The van der Waals surface area contributed by atoms with Crippen LogP contribution >= 0.6 is 0 Å². The van der Waals surface area contributed by atoms with Crippen LogP contribution in [0, 0.1) is 6.92 Å². The molecule has 0 aliphatic heterocycles. The molecule has 1 rings (SSSR count). The summed E-state index contributed by atoms with van der Waals surface area (Å²) in [5.41, 5.74) is -0.878. The van der Waals surface area contributed by atoms with Gasteiger partial charge in [0.15, 0.2) is 0 Å². The van der Waals surface area contributed by atoms with Crippen molar-refractivity contribution in [3.8, 4) is 0 Å². The Morgan fingerprint density at radius 2 is 1.89 bits per heavy atom. The molecule has 0 heterocycles. The first-order chi connectivity index (χ1) is 8.70. The van der Waals surface area contributed by atoms with Crippen molar-refractivity contribution in [2.24, 2.45) is 0 Å². The maximum atomic E-state index is 12.6. The molecule has 0 saturated heterocycles. The van der Waals surface area contributed by atoms with Gasteiger partial charge in [0, 0.05) is 17.8 Å². The second-order valence-electron chi connectivity index (χ2n) is 3.69. The topological polar surface area (TPSA) is 66.4 Å². The largest absolute Gasteiger partial charge is 0.478 e. The Bertz CT molecular complexity index is 536. The summed E-state index contributed by atoms with van der Waals surface area (Å²) in [6.07, 6.45) is -3.20. The number of benzene rings is 1. The molecule has 0 spiro atoms. The lowest BCUT2D eigenvalue weighted by molar-refractivity contribution is -0.138. The van der Waals surface area contributed by atoms with Crippen LogP contribution in [0.5, 0.6) is 0 Å². The van der Waals surface area contributed by atoms with E-state index in [4.69, 9.17) is 5.11 Å². The molecule has 4 nitrogen and oxygen atoms in total. The first-order valence-corrected chi connectivity index (χ1v) is 5.10. The highest BCUT2D eigenvalue weighted by Crippen LogP contribution is 2.33. The van der Waals surface area contributed by atoms with Gasteiger partial charge in [0.2, 0.25) is 5.91 Å². The summed E-state index contributed by atoms with van der Waals surface area (Å²) >= 11 is 0. The molecule has 1 aromatic rings. The lowest BCUT2D eigenvalue weighted by Crippen LogP contribution is -2.12. The Balaban J connectivity index is 2.92. The molecule has 7 heteroatoms. The zero-order chi connectivity index (χ0) is 14.6. The van der Waals surface area contributed by atoms with Crippen LogP contribution in [0.4, 0.5) is 18.9 Å². The molecule has 0 aliphatic carbocycles. The lowest BCUT2D eigenvalue weighted by atomic mass is 10.1. The Kier molecular flexibility index (Phi) is 4.31. The summed E-state index contributed by atoms with van der Waals surface area (Å²) in [5.74, 6) is -2.14. The number of halogens is 3. The highest BCUT2D eigenvalue weighted by atomic mass is 19.4. The number of carboxylic acids is 1. The van der Waals surface area contributed by atoms with Crippen LogP contribution in [-0.4, -0.2) is 17.0 Å². The fraction of sp³-hybridized carbons (Fsp3) is 0.167. The predicted molar refractivity (Wildman–Crippen MR) is 61.6 cm³/mol. The van der Waals surface area contributed by atoms with Crippen molar-refractivity contribution >= 4 is 17.6 Å². The van der Waals surface area contributed by atoms with E-state index in [1.807, 2.05) is 0 Å². The second kappa shape index (κ2) is 5.55. The van der Waals surface area contributed by atoms with Crippen molar-refractivity contribution in [2.45, 2.75) is 13.1 Å². The number of carbonyl (C=O) groups is 2. The van der Waals surface area contributed by atoms with Gasteiger partial charge in [-0.3, -0.25) is 4.79 Å². The van der Waals surface area contributed by atoms with Crippen LogP contribution in [0.3, 0.4) is 0 Å². The summed E-state index contributed by atoms with van der Waals surface area (Å²) in [4.78, 5) is 21.4. The fourth-order valence-corrected chi connectivity index (χ4v) is 1.34. The van der Waals surface area contributed by atoms with Gasteiger partial charge in [-0.2, -0.15) is 13.2 Å². The molecule has 0 fully saturated rings. The van der Waals surface area contributed by atoms with Crippen LogP contribution < -0.4 is 5.32 Å². The molecule has 19 heavy (non-hydrogen) atoms. The molecular weight excluding hydrogens is 263 g/mol. The number of hydrogen-bond donors (Lipinski definition) is 2. The number of amides is 1. The van der Waals surface area contributed by atoms with Crippen molar-refractivity contribution in [1.82, 2.24) is 0 Å². The van der Waals surface area contributed by atoms with E-state index < -0.39 is 23.6 Å². The quantitative estimate of drug-likeness (QED) is 0.832. The van der Waals surface area contributed by atoms with Gasteiger partial charge in [-0.25, -0.2) is 4.79 Å². The Morgan fingerprint density at radius 3 is 2.42 bits per heavy atom. The van der Waals surface area contributed by atoms with Gasteiger partial charge in [-0.05, 0) is 24.6 Å². The van der Waals surface area contributed by atoms with Crippen molar-refractivity contribution in [3.05, 3.63) is 41.5 Å². The van der Waals surface area contributed by atoms with E-state index in [1.165, 1.54) is 19.1 Å². The first-order valence-electron chi connectivity index (χ1n) is 5.10. The minimum Gasteiger partial charge on any atom is -0.478 e. The van der Waals surface area contributed by atoms with Crippen LogP contribution in [0.15, 0.2) is 30.4 Å². The number of carboxylic acid groups (broad SMARTS) is 1. The smallest absolute Gasteiger partial charge is 0.416 e. The summed E-state index contributed by atoms with van der Waals surface area (Å²) in [7, 11) is 0. The highest BCUT2D eigenvalue weighted by Gasteiger charge is 2.32. The van der Waals surface area contributed by atoms with Crippen molar-refractivity contribution in [2.75, 3.05) is 5.32 Å². The highest BCUT2D eigenvalue weighted by molar-refractivity contribution is 6.02. The van der Waals surface area contributed by atoms with Gasteiger partial charge >= 0.3 is 12.1 Å². The fourth-order valence-electron chi connectivity index (χ4n) is 1.34. The molecule has 0 saturated carbocycles. The number of hydrogen-bond acceptors (Lipinski definition) is 2. The normalized spacial score (nSPS) is 11.6. The van der Waals surface area contributed by atoms with Crippen molar-refractivity contribution < 1.29 is 27.9 Å². The molecule has 2 N–H and O–H groups in total. The standard InChI is InChI=1S/C12H10F3NO3/c1-7-2-3-8(6-9(7)12(13,14)15)16-10(17)4-5-11(18)19/h2-6H,1H3,(H,16,17)(H,18,19)/b5-4-. The van der Waals surface area contributed by atoms with Crippen LogP contribution in [-0.2, 0) is 15.8 Å². The van der Waals surface area contributed by atoms with E-state index in [9.17, 15) is 22.8 Å². The van der Waals surface area contributed by atoms with Crippen molar-refractivity contribution in [3.63, 3.8) is 0 Å². The van der Waals surface area contributed by atoms with Crippen molar-refractivity contribution in [1.29, 1.82) is 0 Å². The lowest BCUT2D eigenvalue weighted by Gasteiger charge is -2.12. The summed E-state index contributed by atoms with van der Waals surface area (Å²) in [5, 5.41) is 10.4. The van der Waals surface area contributed by atoms with Gasteiger partial charge < -0.3 is 10.4 Å². The second-order valence-corrected chi connectivity index (χ2v) is 3.69.